The highest BCUT2D eigenvalue weighted by Gasteiger charge is 2.09. The van der Waals surface area contributed by atoms with E-state index in [4.69, 9.17) is 22.1 Å². The van der Waals surface area contributed by atoms with Crippen LogP contribution in [0.5, 0.6) is 5.88 Å². The molecule has 112 valence electrons. The number of benzene rings is 1. The summed E-state index contributed by atoms with van der Waals surface area (Å²) in [5.41, 5.74) is 6.50. The number of rotatable bonds is 5. The number of hydrogen-bond donors (Lipinski definition) is 2. The lowest BCUT2D eigenvalue weighted by Gasteiger charge is -2.12. The van der Waals surface area contributed by atoms with E-state index in [0.717, 1.165) is 0 Å². The van der Waals surface area contributed by atoms with Crippen molar-refractivity contribution in [3.05, 3.63) is 41.2 Å². The van der Waals surface area contributed by atoms with Crippen LogP contribution in [0.15, 0.2) is 30.3 Å². The molecule has 0 atom stereocenters. The highest BCUT2D eigenvalue weighted by molar-refractivity contribution is 6.31. The third kappa shape index (κ3) is 3.98. The highest BCUT2D eigenvalue weighted by Crippen LogP contribution is 2.27. The molecule has 0 saturated carbocycles. The molecule has 21 heavy (non-hydrogen) atoms. The molecule has 0 saturated heterocycles. The molecule has 0 radical (unpaired) electrons. The van der Waals surface area contributed by atoms with E-state index in [-0.39, 0.29) is 10.7 Å². The van der Waals surface area contributed by atoms with E-state index in [1.165, 1.54) is 6.07 Å². The molecule has 0 fully saturated rings. The maximum atomic E-state index is 13.8. The van der Waals surface area contributed by atoms with Crippen LogP contribution in [-0.4, -0.2) is 11.6 Å². The standard InChI is InChI=1S/C15H17ClFN3O/c1-9(2)8-21-15-11(18)6-7-13(20-15)19-12-5-3-4-10(16)14(12)17/h3-7,9H,8,18H2,1-2H3,(H,19,20). The molecule has 1 heterocycles. The zero-order valence-electron chi connectivity index (χ0n) is 11.9. The Balaban J connectivity index is 2.20. The first-order valence-corrected chi connectivity index (χ1v) is 6.95. The summed E-state index contributed by atoms with van der Waals surface area (Å²) in [5, 5.41) is 2.91. The van der Waals surface area contributed by atoms with E-state index in [9.17, 15) is 4.39 Å². The van der Waals surface area contributed by atoms with Gasteiger partial charge in [0.2, 0.25) is 5.88 Å². The van der Waals surface area contributed by atoms with Crippen LogP contribution in [0, 0.1) is 11.7 Å². The van der Waals surface area contributed by atoms with Crippen LogP contribution < -0.4 is 15.8 Å². The van der Waals surface area contributed by atoms with Crippen molar-refractivity contribution >= 4 is 28.8 Å². The second kappa shape index (κ2) is 6.63. The zero-order chi connectivity index (χ0) is 15.4. The number of hydrogen-bond acceptors (Lipinski definition) is 4. The minimum absolute atomic E-state index is 0.0479. The Morgan fingerprint density at radius 2 is 2.10 bits per heavy atom. The Bertz CT molecular complexity index is 634. The van der Waals surface area contributed by atoms with E-state index < -0.39 is 5.82 Å². The normalized spacial score (nSPS) is 10.7. The molecule has 0 aliphatic heterocycles. The summed E-state index contributed by atoms with van der Waals surface area (Å²) in [5.74, 6) is 0.593. The van der Waals surface area contributed by atoms with Crippen molar-refractivity contribution in [3.8, 4) is 5.88 Å². The first-order valence-electron chi connectivity index (χ1n) is 6.57. The second-order valence-corrected chi connectivity index (χ2v) is 5.43. The van der Waals surface area contributed by atoms with Crippen molar-refractivity contribution in [2.75, 3.05) is 17.7 Å². The van der Waals surface area contributed by atoms with Gasteiger partial charge < -0.3 is 15.8 Å². The SMILES string of the molecule is CC(C)COc1nc(Nc2cccc(Cl)c2F)ccc1N. The number of nitrogen functional groups attached to an aromatic ring is 1. The number of pyridine rings is 1. The summed E-state index contributed by atoms with van der Waals surface area (Å²) in [7, 11) is 0. The average molecular weight is 310 g/mol. The lowest BCUT2D eigenvalue weighted by molar-refractivity contribution is 0.263. The van der Waals surface area contributed by atoms with Gasteiger partial charge in [-0.1, -0.05) is 31.5 Å². The Labute approximate surface area is 128 Å². The molecule has 0 unspecified atom stereocenters. The van der Waals surface area contributed by atoms with E-state index in [2.05, 4.69) is 10.3 Å². The summed E-state index contributed by atoms with van der Waals surface area (Å²) in [4.78, 5) is 4.24. The molecule has 0 aliphatic carbocycles. The molecule has 0 spiro atoms. The van der Waals surface area contributed by atoms with Crippen LogP contribution in [0.4, 0.5) is 21.6 Å². The maximum Gasteiger partial charge on any atom is 0.239 e. The van der Waals surface area contributed by atoms with Gasteiger partial charge in [-0.2, -0.15) is 4.98 Å². The van der Waals surface area contributed by atoms with Gasteiger partial charge in [0.05, 0.1) is 23.0 Å². The average Bonchev–Trinajstić information content (AvgIpc) is 2.44. The van der Waals surface area contributed by atoms with Crippen molar-refractivity contribution in [2.24, 2.45) is 5.92 Å². The van der Waals surface area contributed by atoms with Gasteiger partial charge in [-0.15, -0.1) is 0 Å². The number of ether oxygens (including phenoxy) is 1. The molecule has 0 amide bonds. The molecule has 2 aromatic rings. The maximum absolute atomic E-state index is 13.8. The van der Waals surface area contributed by atoms with Gasteiger partial charge in [0.25, 0.3) is 0 Å². The fourth-order valence-electron chi connectivity index (χ4n) is 1.62. The number of nitrogens with two attached hydrogens (primary N) is 1. The Kier molecular flexibility index (Phi) is 4.85. The van der Waals surface area contributed by atoms with Crippen LogP contribution in [0.3, 0.4) is 0 Å². The Morgan fingerprint density at radius 1 is 1.33 bits per heavy atom. The summed E-state index contributed by atoms with van der Waals surface area (Å²) in [6, 6.07) is 8.02. The first-order chi connectivity index (χ1) is 9.97. The number of nitrogens with zero attached hydrogens (tertiary/aromatic N) is 1. The largest absolute Gasteiger partial charge is 0.476 e. The van der Waals surface area contributed by atoms with E-state index in [0.29, 0.717) is 29.9 Å². The van der Waals surface area contributed by atoms with Crippen molar-refractivity contribution < 1.29 is 9.13 Å². The van der Waals surface area contributed by atoms with Crippen molar-refractivity contribution in [2.45, 2.75) is 13.8 Å². The smallest absolute Gasteiger partial charge is 0.239 e. The third-order valence-electron chi connectivity index (χ3n) is 2.66. The molecular weight excluding hydrogens is 293 g/mol. The molecule has 0 aliphatic rings. The Morgan fingerprint density at radius 3 is 2.81 bits per heavy atom. The first kappa shape index (κ1) is 15.4. The fourth-order valence-corrected chi connectivity index (χ4v) is 1.79. The van der Waals surface area contributed by atoms with Gasteiger partial charge in [-0.25, -0.2) is 4.39 Å². The second-order valence-electron chi connectivity index (χ2n) is 5.02. The number of anilines is 3. The highest BCUT2D eigenvalue weighted by atomic mass is 35.5. The van der Waals surface area contributed by atoms with Gasteiger partial charge in [0.1, 0.15) is 5.82 Å². The third-order valence-corrected chi connectivity index (χ3v) is 2.95. The minimum atomic E-state index is -0.526. The van der Waals surface area contributed by atoms with E-state index >= 15 is 0 Å². The zero-order valence-corrected chi connectivity index (χ0v) is 12.6. The van der Waals surface area contributed by atoms with Crippen LogP contribution in [0.1, 0.15) is 13.8 Å². The monoisotopic (exact) mass is 309 g/mol. The van der Waals surface area contributed by atoms with Gasteiger partial charge >= 0.3 is 0 Å². The van der Waals surface area contributed by atoms with Crippen molar-refractivity contribution in [1.29, 1.82) is 0 Å². The van der Waals surface area contributed by atoms with Crippen LogP contribution in [-0.2, 0) is 0 Å². The topological polar surface area (TPSA) is 60.2 Å². The number of nitrogens with one attached hydrogen (secondary N) is 1. The molecule has 2 rings (SSSR count). The predicted molar refractivity (Wildman–Crippen MR) is 83.7 cm³/mol. The summed E-state index contributed by atoms with van der Waals surface area (Å²) in [6.07, 6.45) is 0. The van der Waals surface area contributed by atoms with Gasteiger partial charge in [0.15, 0.2) is 5.82 Å². The molecule has 3 N–H and O–H groups in total. The van der Waals surface area contributed by atoms with Crippen molar-refractivity contribution in [3.63, 3.8) is 0 Å². The van der Waals surface area contributed by atoms with Crippen molar-refractivity contribution in [1.82, 2.24) is 4.98 Å². The van der Waals surface area contributed by atoms with Gasteiger partial charge in [-0.3, -0.25) is 0 Å². The number of aromatic nitrogens is 1. The lowest BCUT2D eigenvalue weighted by atomic mass is 10.2. The molecule has 1 aromatic carbocycles. The molecule has 1 aromatic heterocycles. The van der Waals surface area contributed by atoms with Gasteiger partial charge in [0, 0.05) is 0 Å². The quantitative estimate of drug-likeness (QED) is 0.867. The fraction of sp³-hybridized carbons (Fsp3) is 0.267. The van der Waals surface area contributed by atoms with Crippen LogP contribution >= 0.6 is 11.6 Å². The summed E-state index contributed by atoms with van der Waals surface area (Å²) >= 11 is 5.74. The minimum Gasteiger partial charge on any atom is -0.476 e. The van der Waals surface area contributed by atoms with Crippen LogP contribution in [0.2, 0.25) is 5.02 Å². The summed E-state index contributed by atoms with van der Waals surface area (Å²) in [6.45, 7) is 4.56. The summed E-state index contributed by atoms with van der Waals surface area (Å²) < 4.78 is 19.4. The molecule has 4 nitrogen and oxygen atoms in total. The van der Waals surface area contributed by atoms with Crippen LogP contribution in [0.25, 0.3) is 0 Å². The Hall–Kier alpha value is -2.01. The number of halogens is 2. The predicted octanol–water partition coefficient (Wildman–Crippen LogP) is 4.23. The lowest BCUT2D eigenvalue weighted by Crippen LogP contribution is -2.08. The van der Waals surface area contributed by atoms with E-state index in [1.54, 1.807) is 24.3 Å². The molecule has 0 bridgehead atoms. The molecule has 6 heteroatoms. The molecular formula is C15H17ClFN3O. The van der Waals surface area contributed by atoms with E-state index in [1.807, 2.05) is 13.8 Å². The van der Waals surface area contributed by atoms with Gasteiger partial charge in [-0.05, 0) is 30.2 Å².